The van der Waals surface area contributed by atoms with Gasteiger partial charge in [-0.25, -0.2) is 0 Å². The SMILES string of the molecule is CN1C(c2ccccc2)=[As]c2ccccc21. The first kappa shape index (κ1) is 9.86. The van der Waals surface area contributed by atoms with Gasteiger partial charge in [-0.3, -0.25) is 0 Å². The van der Waals surface area contributed by atoms with Crippen molar-refractivity contribution in [2.24, 2.45) is 0 Å². The average molecular weight is 269 g/mol. The van der Waals surface area contributed by atoms with Crippen molar-refractivity contribution < 1.29 is 0 Å². The summed E-state index contributed by atoms with van der Waals surface area (Å²) >= 11 is 0.137. The standard InChI is InChI=1S/C14H12AsN/c1-16-13-10-6-5-9-12(13)15-14(16)11-7-3-2-4-8-11/h2-10H,1H3. The van der Waals surface area contributed by atoms with Crippen LogP contribution in [0.25, 0.3) is 0 Å². The van der Waals surface area contributed by atoms with Gasteiger partial charge in [0.05, 0.1) is 0 Å². The van der Waals surface area contributed by atoms with E-state index in [4.69, 9.17) is 0 Å². The first-order valence-electron chi connectivity index (χ1n) is 5.33. The Kier molecular flexibility index (Phi) is 2.41. The van der Waals surface area contributed by atoms with Gasteiger partial charge in [0, 0.05) is 0 Å². The third kappa shape index (κ3) is 1.52. The van der Waals surface area contributed by atoms with Gasteiger partial charge in [-0.1, -0.05) is 0 Å². The summed E-state index contributed by atoms with van der Waals surface area (Å²) in [4.78, 5) is 2.34. The summed E-state index contributed by atoms with van der Waals surface area (Å²) in [5.74, 6) is 0. The van der Waals surface area contributed by atoms with Gasteiger partial charge >= 0.3 is 102 Å². The number of benzene rings is 2. The third-order valence-electron chi connectivity index (χ3n) is 2.82. The van der Waals surface area contributed by atoms with Crippen LogP contribution in [0.15, 0.2) is 54.6 Å². The second-order valence-corrected chi connectivity index (χ2v) is 6.22. The van der Waals surface area contributed by atoms with E-state index in [1.165, 1.54) is 20.0 Å². The normalized spacial score (nSPS) is 14.6. The fourth-order valence-corrected chi connectivity index (χ4v) is 4.64. The number of nitrogens with zero attached hydrogens (tertiary/aromatic N) is 1. The molecule has 2 heteroatoms. The van der Waals surface area contributed by atoms with Crippen molar-refractivity contribution in [3.8, 4) is 0 Å². The van der Waals surface area contributed by atoms with Gasteiger partial charge in [-0.05, 0) is 0 Å². The van der Waals surface area contributed by atoms with Gasteiger partial charge in [-0.15, -0.1) is 0 Å². The van der Waals surface area contributed by atoms with Crippen molar-refractivity contribution in [1.29, 1.82) is 0 Å². The Hall–Kier alpha value is -1.33. The molecule has 0 atom stereocenters. The van der Waals surface area contributed by atoms with Gasteiger partial charge in [-0.2, -0.15) is 0 Å². The van der Waals surface area contributed by atoms with Gasteiger partial charge < -0.3 is 0 Å². The summed E-state index contributed by atoms with van der Waals surface area (Å²) in [6.07, 6.45) is 0. The monoisotopic (exact) mass is 269 g/mol. The van der Waals surface area contributed by atoms with Crippen LogP contribution in [0.5, 0.6) is 0 Å². The molecule has 0 aromatic heterocycles. The van der Waals surface area contributed by atoms with E-state index < -0.39 is 0 Å². The topological polar surface area (TPSA) is 3.24 Å². The second kappa shape index (κ2) is 3.92. The molecule has 0 bridgehead atoms. The Morgan fingerprint density at radius 3 is 2.31 bits per heavy atom. The maximum absolute atomic E-state index is 2.34. The van der Waals surface area contributed by atoms with Crippen LogP contribution < -0.4 is 9.25 Å². The molecular weight excluding hydrogens is 257 g/mol. The van der Waals surface area contributed by atoms with Crippen LogP contribution in [0.4, 0.5) is 5.69 Å². The predicted octanol–water partition coefficient (Wildman–Crippen LogP) is 1.64. The zero-order chi connectivity index (χ0) is 11.0. The van der Waals surface area contributed by atoms with Crippen molar-refractivity contribution in [1.82, 2.24) is 0 Å². The molecule has 1 aliphatic rings. The molecule has 0 unspecified atom stereocenters. The van der Waals surface area contributed by atoms with Crippen LogP contribution in [0.1, 0.15) is 5.56 Å². The van der Waals surface area contributed by atoms with E-state index in [0.717, 1.165) is 0 Å². The number of rotatable bonds is 1. The number of anilines is 1. The van der Waals surface area contributed by atoms with E-state index in [9.17, 15) is 0 Å². The Labute approximate surface area is 102 Å². The van der Waals surface area contributed by atoms with E-state index in [2.05, 4.69) is 66.5 Å². The summed E-state index contributed by atoms with van der Waals surface area (Å²) < 4.78 is 3.00. The Balaban J connectivity index is 2.09. The molecule has 2 aromatic rings. The van der Waals surface area contributed by atoms with Crippen molar-refractivity contribution in [3.05, 3.63) is 60.2 Å². The van der Waals surface area contributed by atoms with Crippen LogP contribution in [-0.2, 0) is 0 Å². The van der Waals surface area contributed by atoms with Crippen molar-refractivity contribution in [3.63, 3.8) is 0 Å². The van der Waals surface area contributed by atoms with Gasteiger partial charge in [0.1, 0.15) is 0 Å². The summed E-state index contributed by atoms with van der Waals surface area (Å²) in [5.41, 5.74) is 2.74. The number of para-hydroxylation sites is 1. The van der Waals surface area contributed by atoms with E-state index in [-0.39, 0.29) is 15.3 Å². The Bertz CT molecular complexity index is 546. The summed E-state index contributed by atoms with van der Waals surface area (Å²) in [6.45, 7) is 0. The molecule has 0 saturated carbocycles. The first-order valence-corrected chi connectivity index (χ1v) is 7.21. The summed E-state index contributed by atoms with van der Waals surface area (Å²) in [7, 11) is 2.17. The molecule has 1 heterocycles. The molecule has 1 nitrogen and oxygen atoms in total. The summed E-state index contributed by atoms with van der Waals surface area (Å²) in [5, 5.41) is 0. The minimum atomic E-state index is 0.137. The Morgan fingerprint density at radius 1 is 0.875 bits per heavy atom. The van der Waals surface area contributed by atoms with E-state index in [1.807, 2.05) is 0 Å². The van der Waals surface area contributed by atoms with Crippen LogP contribution in [0, 0.1) is 0 Å². The first-order chi connectivity index (χ1) is 7.86. The van der Waals surface area contributed by atoms with E-state index >= 15 is 0 Å². The molecule has 78 valence electrons. The molecule has 0 amide bonds. The molecule has 0 spiro atoms. The molecule has 3 rings (SSSR count). The van der Waals surface area contributed by atoms with Crippen molar-refractivity contribution >= 4 is 29.8 Å². The molecule has 0 radical (unpaired) electrons. The Morgan fingerprint density at radius 2 is 1.56 bits per heavy atom. The second-order valence-electron chi connectivity index (χ2n) is 3.85. The quantitative estimate of drug-likeness (QED) is 0.711. The molecule has 1 aliphatic heterocycles. The molecule has 0 aliphatic carbocycles. The number of hydrogen-bond acceptors (Lipinski definition) is 1. The molecule has 16 heavy (non-hydrogen) atoms. The van der Waals surface area contributed by atoms with E-state index in [0.29, 0.717) is 0 Å². The number of fused-ring (bicyclic) bond motifs is 1. The van der Waals surface area contributed by atoms with Crippen LogP contribution >= 0.6 is 0 Å². The third-order valence-corrected chi connectivity index (χ3v) is 5.73. The van der Waals surface area contributed by atoms with Gasteiger partial charge in [0.2, 0.25) is 0 Å². The van der Waals surface area contributed by atoms with Crippen molar-refractivity contribution in [2.45, 2.75) is 0 Å². The molecule has 0 N–H and O–H groups in total. The fourth-order valence-electron chi connectivity index (χ4n) is 1.99. The van der Waals surface area contributed by atoms with Gasteiger partial charge in [0.15, 0.2) is 0 Å². The maximum atomic E-state index is 2.34. The number of hydrogen-bond donors (Lipinski definition) is 0. The fraction of sp³-hybridized carbons (Fsp3) is 0.0714. The molecular formula is C14H12AsN. The zero-order valence-electron chi connectivity index (χ0n) is 9.09. The van der Waals surface area contributed by atoms with E-state index in [1.54, 1.807) is 0 Å². The molecule has 2 aromatic carbocycles. The van der Waals surface area contributed by atoms with Crippen molar-refractivity contribution in [2.75, 3.05) is 11.9 Å². The van der Waals surface area contributed by atoms with Crippen LogP contribution in [-0.4, -0.2) is 26.8 Å². The predicted molar refractivity (Wildman–Crippen MR) is 70.8 cm³/mol. The minimum absolute atomic E-state index is 0.137. The van der Waals surface area contributed by atoms with Crippen LogP contribution in [0.3, 0.4) is 0 Å². The molecule has 0 saturated heterocycles. The zero-order valence-corrected chi connectivity index (χ0v) is 11.0. The van der Waals surface area contributed by atoms with Gasteiger partial charge in [0.25, 0.3) is 0 Å². The summed E-state index contributed by atoms with van der Waals surface area (Å²) in [6, 6.07) is 19.4. The average Bonchev–Trinajstić information content (AvgIpc) is 2.69. The molecule has 0 fully saturated rings. The van der Waals surface area contributed by atoms with Crippen LogP contribution in [0.2, 0.25) is 0 Å².